The molecule has 1 N–H and O–H groups in total. The highest BCUT2D eigenvalue weighted by molar-refractivity contribution is 5.57. The van der Waals surface area contributed by atoms with Gasteiger partial charge in [-0.1, -0.05) is 0 Å². The van der Waals surface area contributed by atoms with E-state index in [1.807, 2.05) is 17.0 Å². The quantitative estimate of drug-likeness (QED) is 0.701. The Kier molecular flexibility index (Phi) is 4.64. The molecule has 0 amide bonds. The van der Waals surface area contributed by atoms with Crippen LogP contribution in [0.4, 0.5) is 5.82 Å². The standard InChI is InChI=1S/C19H20N6O3/c1-23-18(27)11-16(21-19(23)28)24-10-2-3-14(24)12-25-17(26)5-4-15(22-25)13-6-8-20-9-7-13/h4-9,11,14H,2-3,10,12H2,1H3,(H,21,28). The molecule has 0 aromatic carbocycles. The van der Waals surface area contributed by atoms with Gasteiger partial charge in [-0.25, -0.2) is 9.48 Å². The van der Waals surface area contributed by atoms with Gasteiger partial charge in [0.2, 0.25) is 0 Å². The summed E-state index contributed by atoms with van der Waals surface area (Å²) in [6.45, 7) is 1.07. The largest absolute Gasteiger partial charge is 0.353 e. The number of anilines is 1. The smallest absolute Gasteiger partial charge is 0.329 e. The van der Waals surface area contributed by atoms with Gasteiger partial charge in [-0.2, -0.15) is 5.10 Å². The van der Waals surface area contributed by atoms with Gasteiger partial charge in [0.25, 0.3) is 11.1 Å². The van der Waals surface area contributed by atoms with Gasteiger partial charge < -0.3 is 4.90 Å². The molecule has 1 aliphatic rings. The van der Waals surface area contributed by atoms with E-state index in [1.165, 1.54) is 23.9 Å². The minimum atomic E-state index is -0.455. The summed E-state index contributed by atoms with van der Waals surface area (Å²) in [5.41, 5.74) is 0.557. The third-order valence-electron chi connectivity index (χ3n) is 5.04. The molecule has 1 saturated heterocycles. The number of rotatable bonds is 4. The maximum Gasteiger partial charge on any atom is 0.329 e. The van der Waals surface area contributed by atoms with Gasteiger partial charge in [-0.3, -0.25) is 24.1 Å². The summed E-state index contributed by atoms with van der Waals surface area (Å²) in [4.78, 5) is 45.0. The van der Waals surface area contributed by atoms with Crippen LogP contribution in [-0.2, 0) is 13.6 Å². The van der Waals surface area contributed by atoms with Crippen molar-refractivity contribution in [3.8, 4) is 11.3 Å². The predicted molar refractivity (Wildman–Crippen MR) is 104 cm³/mol. The molecule has 9 nitrogen and oxygen atoms in total. The van der Waals surface area contributed by atoms with Crippen LogP contribution in [0.3, 0.4) is 0 Å². The number of nitrogens with one attached hydrogen (secondary N) is 1. The molecule has 0 radical (unpaired) electrons. The molecule has 1 aliphatic heterocycles. The Morgan fingerprint density at radius 2 is 1.89 bits per heavy atom. The molecule has 0 spiro atoms. The highest BCUT2D eigenvalue weighted by Gasteiger charge is 2.27. The molecule has 144 valence electrons. The first-order valence-electron chi connectivity index (χ1n) is 9.08. The van der Waals surface area contributed by atoms with E-state index in [2.05, 4.69) is 15.1 Å². The van der Waals surface area contributed by atoms with Crippen molar-refractivity contribution in [2.24, 2.45) is 7.05 Å². The molecular formula is C19H20N6O3. The van der Waals surface area contributed by atoms with Gasteiger partial charge in [0, 0.05) is 43.7 Å². The Balaban J connectivity index is 1.64. The van der Waals surface area contributed by atoms with Gasteiger partial charge in [0.1, 0.15) is 5.82 Å². The summed E-state index contributed by atoms with van der Waals surface area (Å²) in [6, 6.07) is 8.25. The lowest BCUT2D eigenvalue weighted by atomic mass is 10.2. The van der Waals surface area contributed by atoms with Crippen LogP contribution in [0, 0.1) is 0 Å². The van der Waals surface area contributed by atoms with E-state index in [9.17, 15) is 14.4 Å². The van der Waals surface area contributed by atoms with Crippen molar-refractivity contribution in [2.45, 2.75) is 25.4 Å². The first-order valence-corrected chi connectivity index (χ1v) is 9.08. The molecule has 28 heavy (non-hydrogen) atoms. The van der Waals surface area contributed by atoms with Gasteiger partial charge in [0.15, 0.2) is 0 Å². The molecule has 0 aliphatic carbocycles. The van der Waals surface area contributed by atoms with Crippen molar-refractivity contribution < 1.29 is 0 Å². The monoisotopic (exact) mass is 380 g/mol. The van der Waals surface area contributed by atoms with Crippen LogP contribution in [0.25, 0.3) is 11.3 Å². The zero-order chi connectivity index (χ0) is 19.7. The van der Waals surface area contributed by atoms with Gasteiger partial charge in [-0.05, 0) is 31.0 Å². The molecule has 3 aromatic rings. The summed E-state index contributed by atoms with van der Waals surface area (Å²) >= 11 is 0. The summed E-state index contributed by atoms with van der Waals surface area (Å²) < 4.78 is 2.47. The molecule has 3 aromatic heterocycles. The lowest BCUT2D eigenvalue weighted by Crippen LogP contribution is -2.40. The number of hydrogen-bond acceptors (Lipinski definition) is 6. The fourth-order valence-corrected chi connectivity index (χ4v) is 3.50. The molecule has 0 bridgehead atoms. The van der Waals surface area contributed by atoms with Crippen molar-refractivity contribution in [1.29, 1.82) is 0 Å². The normalized spacial score (nSPS) is 16.5. The van der Waals surface area contributed by atoms with E-state index in [1.54, 1.807) is 18.5 Å². The average molecular weight is 380 g/mol. The van der Waals surface area contributed by atoms with Crippen LogP contribution < -0.4 is 21.7 Å². The Morgan fingerprint density at radius 3 is 2.64 bits per heavy atom. The van der Waals surface area contributed by atoms with Gasteiger partial charge >= 0.3 is 5.69 Å². The summed E-state index contributed by atoms with van der Waals surface area (Å²) in [7, 11) is 1.43. The fourth-order valence-electron chi connectivity index (χ4n) is 3.50. The van der Waals surface area contributed by atoms with E-state index in [4.69, 9.17) is 0 Å². The number of nitrogens with zero attached hydrogens (tertiary/aromatic N) is 5. The maximum atomic E-state index is 12.3. The Morgan fingerprint density at radius 1 is 1.11 bits per heavy atom. The van der Waals surface area contributed by atoms with E-state index in [-0.39, 0.29) is 17.2 Å². The first-order chi connectivity index (χ1) is 13.5. The number of aromatic nitrogens is 5. The number of hydrogen-bond donors (Lipinski definition) is 1. The van der Waals surface area contributed by atoms with Crippen LogP contribution >= 0.6 is 0 Å². The van der Waals surface area contributed by atoms with Crippen molar-refractivity contribution in [1.82, 2.24) is 24.3 Å². The molecule has 4 rings (SSSR count). The topological polar surface area (TPSA) is 106 Å². The van der Waals surface area contributed by atoms with E-state index in [0.29, 0.717) is 24.6 Å². The van der Waals surface area contributed by atoms with E-state index >= 15 is 0 Å². The van der Waals surface area contributed by atoms with E-state index in [0.717, 1.165) is 23.0 Å². The van der Waals surface area contributed by atoms with Crippen LogP contribution in [0.15, 0.2) is 57.1 Å². The number of aromatic amines is 1. The zero-order valence-electron chi connectivity index (χ0n) is 15.4. The number of pyridine rings is 1. The molecule has 1 fully saturated rings. The SMILES string of the molecule is Cn1c(=O)cc(N2CCCC2Cn2nc(-c3ccncc3)ccc2=O)[nH]c1=O. The molecule has 1 atom stereocenters. The van der Waals surface area contributed by atoms with Crippen molar-refractivity contribution in [3.63, 3.8) is 0 Å². The highest BCUT2D eigenvalue weighted by atomic mass is 16.2. The lowest BCUT2D eigenvalue weighted by Gasteiger charge is -2.26. The molecular weight excluding hydrogens is 360 g/mol. The van der Waals surface area contributed by atoms with Crippen LogP contribution in [-0.4, -0.2) is 36.9 Å². The fraction of sp³-hybridized carbons (Fsp3) is 0.316. The Bertz CT molecular complexity index is 1130. The highest BCUT2D eigenvalue weighted by Crippen LogP contribution is 2.23. The number of H-pyrrole nitrogens is 1. The van der Waals surface area contributed by atoms with Gasteiger partial charge in [0.05, 0.1) is 18.3 Å². The zero-order valence-corrected chi connectivity index (χ0v) is 15.4. The molecule has 1 unspecified atom stereocenters. The van der Waals surface area contributed by atoms with E-state index < -0.39 is 5.69 Å². The van der Waals surface area contributed by atoms with Crippen LogP contribution in [0.5, 0.6) is 0 Å². The second kappa shape index (κ2) is 7.26. The second-order valence-electron chi connectivity index (χ2n) is 6.82. The van der Waals surface area contributed by atoms with Crippen LogP contribution in [0.2, 0.25) is 0 Å². The maximum absolute atomic E-state index is 12.3. The third kappa shape index (κ3) is 3.38. The Labute approximate surface area is 159 Å². The minimum absolute atomic E-state index is 0.0411. The molecule has 4 heterocycles. The van der Waals surface area contributed by atoms with Gasteiger partial charge in [-0.15, -0.1) is 0 Å². The summed E-state index contributed by atoms with van der Waals surface area (Å²) in [5, 5.41) is 4.50. The molecule has 0 saturated carbocycles. The minimum Gasteiger partial charge on any atom is -0.353 e. The second-order valence-corrected chi connectivity index (χ2v) is 6.82. The van der Waals surface area contributed by atoms with Crippen molar-refractivity contribution >= 4 is 5.82 Å². The Hall–Kier alpha value is -3.49. The first kappa shape index (κ1) is 17.9. The van der Waals surface area contributed by atoms with Crippen molar-refractivity contribution in [2.75, 3.05) is 11.4 Å². The average Bonchev–Trinajstić information content (AvgIpc) is 3.16. The summed E-state index contributed by atoms with van der Waals surface area (Å²) in [5.74, 6) is 0.480. The molecule has 9 heteroatoms. The van der Waals surface area contributed by atoms with Crippen molar-refractivity contribution in [3.05, 3.63) is 73.9 Å². The third-order valence-corrected chi connectivity index (χ3v) is 5.04. The van der Waals surface area contributed by atoms with Crippen LogP contribution in [0.1, 0.15) is 12.8 Å². The summed E-state index contributed by atoms with van der Waals surface area (Å²) in [6.07, 6.45) is 5.10. The predicted octanol–water partition coefficient (Wildman–Crippen LogP) is 0.361. The lowest BCUT2D eigenvalue weighted by molar-refractivity contribution is 0.488.